The van der Waals surface area contributed by atoms with Gasteiger partial charge in [0.05, 0.1) is 6.61 Å². The lowest BCUT2D eigenvalue weighted by molar-refractivity contribution is -0.145. The minimum Gasteiger partial charge on any atom is -0.465 e. The molecule has 0 amide bonds. The molecule has 0 aliphatic heterocycles. The predicted molar refractivity (Wildman–Crippen MR) is 77.4 cm³/mol. The van der Waals surface area contributed by atoms with Crippen LogP contribution in [0.1, 0.15) is 24.9 Å². The maximum Gasteiger partial charge on any atom is 0.327 e. The summed E-state index contributed by atoms with van der Waals surface area (Å²) in [6.45, 7) is 2.79. The van der Waals surface area contributed by atoms with E-state index in [9.17, 15) is 9.00 Å². The van der Waals surface area contributed by atoms with Crippen molar-refractivity contribution in [2.45, 2.75) is 19.4 Å². The average molecular weight is 283 g/mol. The van der Waals surface area contributed by atoms with E-state index in [0.29, 0.717) is 18.9 Å². The number of benzene rings is 1. The maximum atomic E-state index is 11.9. The van der Waals surface area contributed by atoms with E-state index in [1.807, 2.05) is 30.3 Å². The third-order valence-electron chi connectivity index (χ3n) is 2.61. The number of carbonyl (C=O) groups excluding carboxylic acids is 1. The van der Waals surface area contributed by atoms with Crippen LogP contribution >= 0.6 is 0 Å². The fourth-order valence-electron chi connectivity index (χ4n) is 1.73. The third-order valence-corrected chi connectivity index (χ3v) is 3.48. The fourth-order valence-corrected chi connectivity index (χ4v) is 2.28. The van der Waals surface area contributed by atoms with Gasteiger partial charge in [-0.2, -0.15) is 0 Å². The highest BCUT2D eigenvalue weighted by atomic mass is 32.2. The van der Waals surface area contributed by atoms with Gasteiger partial charge in [-0.05, 0) is 25.5 Å². The quantitative estimate of drug-likeness (QED) is 0.582. The van der Waals surface area contributed by atoms with Gasteiger partial charge >= 0.3 is 5.97 Å². The van der Waals surface area contributed by atoms with Crippen molar-refractivity contribution in [2.24, 2.45) is 0 Å². The number of esters is 1. The summed E-state index contributed by atoms with van der Waals surface area (Å²) >= 11 is 0. The van der Waals surface area contributed by atoms with Crippen LogP contribution in [0.5, 0.6) is 0 Å². The number of ether oxygens (including phenoxy) is 1. The van der Waals surface area contributed by atoms with Crippen molar-refractivity contribution in [2.75, 3.05) is 25.2 Å². The molecule has 0 spiro atoms. The molecule has 2 unspecified atom stereocenters. The Morgan fingerprint density at radius 1 is 1.37 bits per heavy atom. The zero-order valence-electron chi connectivity index (χ0n) is 11.4. The maximum absolute atomic E-state index is 11.9. The van der Waals surface area contributed by atoms with Crippen LogP contribution in [-0.4, -0.2) is 35.3 Å². The zero-order chi connectivity index (χ0) is 14.1. The van der Waals surface area contributed by atoms with Gasteiger partial charge in [-0.1, -0.05) is 30.3 Å². The molecule has 0 saturated carbocycles. The van der Waals surface area contributed by atoms with Gasteiger partial charge < -0.3 is 10.1 Å². The number of carbonyl (C=O) groups is 1. The molecule has 2 atom stereocenters. The molecule has 0 saturated heterocycles. The van der Waals surface area contributed by atoms with Gasteiger partial charge in [-0.25, -0.2) is 4.79 Å². The van der Waals surface area contributed by atoms with Crippen molar-refractivity contribution in [3.8, 4) is 0 Å². The molecule has 106 valence electrons. The van der Waals surface area contributed by atoms with Crippen molar-refractivity contribution in [3.05, 3.63) is 35.9 Å². The SMILES string of the molecule is CCOC(=O)C(NCCCS(C)=O)c1ccccc1. The first-order valence-electron chi connectivity index (χ1n) is 6.40. The Morgan fingerprint density at radius 3 is 2.63 bits per heavy atom. The number of rotatable bonds is 8. The van der Waals surface area contributed by atoms with Gasteiger partial charge in [0, 0.05) is 22.8 Å². The van der Waals surface area contributed by atoms with E-state index in [2.05, 4.69) is 5.32 Å². The van der Waals surface area contributed by atoms with Gasteiger partial charge in [0.2, 0.25) is 0 Å². The van der Waals surface area contributed by atoms with Crippen LogP contribution in [-0.2, 0) is 20.3 Å². The minimum atomic E-state index is -0.795. The van der Waals surface area contributed by atoms with E-state index in [1.165, 1.54) is 0 Å². The molecule has 1 aromatic carbocycles. The smallest absolute Gasteiger partial charge is 0.327 e. The summed E-state index contributed by atoms with van der Waals surface area (Å²) < 4.78 is 16.1. The lowest BCUT2D eigenvalue weighted by atomic mass is 10.1. The van der Waals surface area contributed by atoms with E-state index < -0.39 is 16.8 Å². The minimum absolute atomic E-state index is 0.272. The monoisotopic (exact) mass is 283 g/mol. The molecule has 19 heavy (non-hydrogen) atoms. The second-order valence-corrected chi connectivity index (χ2v) is 5.74. The van der Waals surface area contributed by atoms with Gasteiger partial charge in [0.25, 0.3) is 0 Å². The highest BCUT2D eigenvalue weighted by Crippen LogP contribution is 2.14. The largest absolute Gasteiger partial charge is 0.465 e. The molecule has 0 heterocycles. The average Bonchev–Trinajstić information content (AvgIpc) is 2.39. The van der Waals surface area contributed by atoms with Gasteiger partial charge in [0.15, 0.2) is 0 Å². The number of hydrogen-bond acceptors (Lipinski definition) is 4. The fraction of sp³-hybridized carbons (Fsp3) is 0.500. The first kappa shape index (κ1) is 15.9. The third kappa shape index (κ3) is 5.98. The molecule has 0 fully saturated rings. The summed E-state index contributed by atoms with van der Waals surface area (Å²) in [5.74, 6) is 0.364. The highest BCUT2D eigenvalue weighted by molar-refractivity contribution is 7.84. The first-order valence-corrected chi connectivity index (χ1v) is 8.13. The Hall–Kier alpha value is -1.20. The number of hydrogen-bond donors (Lipinski definition) is 1. The van der Waals surface area contributed by atoms with Crippen LogP contribution in [0.25, 0.3) is 0 Å². The number of nitrogens with one attached hydrogen (secondary N) is 1. The second kappa shape index (κ2) is 8.82. The summed E-state index contributed by atoms with van der Waals surface area (Å²) in [4.78, 5) is 11.9. The Balaban J connectivity index is 2.60. The van der Waals surface area contributed by atoms with Gasteiger partial charge in [-0.15, -0.1) is 0 Å². The van der Waals surface area contributed by atoms with Crippen LogP contribution in [0.4, 0.5) is 0 Å². The molecule has 0 radical (unpaired) electrons. The Morgan fingerprint density at radius 2 is 2.05 bits per heavy atom. The van der Waals surface area contributed by atoms with Crippen LogP contribution in [0.3, 0.4) is 0 Å². The summed E-state index contributed by atoms with van der Waals surface area (Å²) in [5.41, 5.74) is 0.888. The van der Waals surface area contributed by atoms with Crippen molar-refractivity contribution < 1.29 is 13.7 Å². The van der Waals surface area contributed by atoms with Gasteiger partial charge in [-0.3, -0.25) is 4.21 Å². The van der Waals surface area contributed by atoms with Crippen molar-refractivity contribution in [1.82, 2.24) is 5.32 Å². The predicted octanol–water partition coefficient (Wildman–Crippen LogP) is 1.65. The van der Waals surface area contributed by atoms with Crippen LogP contribution < -0.4 is 5.32 Å². The summed E-state index contributed by atoms with van der Waals surface area (Å²) in [6.07, 6.45) is 2.45. The van der Waals surface area contributed by atoms with Gasteiger partial charge in [0.1, 0.15) is 6.04 Å². The highest BCUT2D eigenvalue weighted by Gasteiger charge is 2.20. The van der Waals surface area contributed by atoms with E-state index in [1.54, 1.807) is 13.2 Å². The molecule has 1 rings (SSSR count). The first-order chi connectivity index (χ1) is 9.15. The summed E-state index contributed by atoms with van der Waals surface area (Å²) in [5, 5.41) is 3.17. The molecule has 0 aliphatic carbocycles. The molecule has 0 aromatic heterocycles. The Kier molecular flexibility index (Phi) is 7.36. The molecule has 4 nitrogen and oxygen atoms in total. The van der Waals surface area contributed by atoms with Crippen LogP contribution in [0.15, 0.2) is 30.3 Å². The normalized spacial score (nSPS) is 13.8. The standard InChI is InChI=1S/C14H21NO3S/c1-3-18-14(16)13(12-8-5-4-6-9-12)15-10-7-11-19(2)17/h4-6,8-9,13,15H,3,7,10-11H2,1-2H3. The topological polar surface area (TPSA) is 55.4 Å². The summed E-state index contributed by atoms with van der Waals surface area (Å²) in [7, 11) is -0.795. The molecule has 0 bridgehead atoms. The molecular formula is C14H21NO3S. The Labute approximate surface area is 117 Å². The van der Waals surface area contributed by atoms with E-state index in [4.69, 9.17) is 4.74 Å². The van der Waals surface area contributed by atoms with Crippen molar-refractivity contribution in [1.29, 1.82) is 0 Å². The lowest BCUT2D eigenvalue weighted by Crippen LogP contribution is -2.31. The van der Waals surface area contributed by atoms with Crippen LogP contribution in [0, 0.1) is 0 Å². The van der Waals surface area contributed by atoms with Crippen molar-refractivity contribution >= 4 is 16.8 Å². The second-order valence-electron chi connectivity index (χ2n) is 4.18. The molecular weight excluding hydrogens is 262 g/mol. The lowest BCUT2D eigenvalue weighted by Gasteiger charge is -2.17. The molecule has 0 aliphatic rings. The zero-order valence-corrected chi connectivity index (χ0v) is 12.2. The van der Waals surface area contributed by atoms with E-state index in [-0.39, 0.29) is 5.97 Å². The molecule has 1 aromatic rings. The van der Waals surface area contributed by atoms with Crippen LogP contribution in [0.2, 0.25) is 0 Å². The van der Waals surface area contributed by atoms with E-state index in [0.717, 1.165) is 12.0 Å². The molecule has 1 N–H and O–H groups in total. The Bertz CT molecular complexity index is 408. The van der Waals surface area contributed by atoms with Crippen molar-refractivity contribution in [3.63, 3.8) is 0 Å². The van der Waals surface area contributed by atoms with E-state index >= 15 is 0 Å². The molecule has 5 heteroatoms. The summed E-state index contributed by atoms with van der Waals surface area (Å²) in [6, 6.07) is 9.03.